The van der Waals surface area contributed by atoms with Crippen LogP contribution in [-0.4, -0.2) is 40.6 Å². The highest BCUT2D eigenvalue weighted by Gasteiger charge is 2.19. The van der Waals surface area contributed by atoms with Gasteiger partial charge in [0.1, 0.15) is 23.1 Å². The Morgan fingerprint density at radius 2 is 1.59 bits per heavy atom. The Morgan fingerprint density at radius 1 is 0.872 bits per heavy atom. The van der Waals surface area contributed by atoms with E-state index in [1.165, 1.54) is 16.9 Å². The lowest BCUT2D eigenvalue weighted by atomic mass is 10.1. The molecule has 0 saturated heterocycles. The van der Waals surface area contributed by atoms with Crippen molar-refractivity contribution in [2.24, 2.45) is 0 Å². The van der Waals surface area contributed by atoms with Crippen molar-refractivity contribution in [2.45, 2.75) is 40.1 Å². The number of benzene rings is 3. The molecule has 4 aromatic rings. The number of ether oxygens (including phenoxy) is 3. The summed E-state index contributed by atoms with van der Waals surface area (Å²) >= 11 is 1.53. The number of hydrogen-bond donors (Lipinski definition) is 0. The van der Waals surface area contributed by atoms with E-state index in [-0.39, 0.29) is 12.7 Å². The van der Waals surface area contributed by atoms with E-state index in [0.717, 1.165) is 33.4 Å². The minimum atomic E-state index is -0.0177. The van der Waals surface area contributed by atoms with Gasteiger partial charge < -0.3 is 19.1 Å². The van der Waals surface area contributed by atoms with Crippen molar-refractivity contribution in [2.75, 3.05) is 19.9 Å². The molecule has 1 aromatic heterocycles. The first-order chi connectivity index (χ1) is 19.1. The number of fused-ring (bicyclic) bond motifs is 1. The number of carbonyl (C=O) groups excluding carboxylic acids is 1. The highest BCUT2D eigenvalue weighted by Crippen LogP contribution is 2.33. The van der Waals surface area contributed by atoms with Crippen LogP contribution in [0.25, 0.3) is 0 Å². The highest BCUT2D eigenvalue weighted by atomic mass is 32.1. The fourth-order valence-corrected chi connectivity index (χ4v) is 5.31. The lowest BCUT2D eigenvalue weighted by molar-refractivity contribution is 0.0767. The SMILES string of the molecule is CCN(CC)C(=O)c1csc(CN(Cc2ccc(OCc3ccccc3)cc2)Cc2ccc3c(c2)OCO3)n1. The topological polar surface area (TPSA) is 64.1 Å². The van der Waals surface area contributed by atoms with Gasteiger partial charge in [-0.3, -0.25) is 9.69 Å². The van der Waals surface area contributed by atoms with E-state index in [9.17, 15) is 4.79 Å². The fourth-order valence-electron chi connectivity index (χ4n) is 4.50. The largest absolute Gasteiger partial charge is 0.489 e. The van der Waals surface area contributed by atoms with Gasteiger partial charge in [0.05, 0.1) is 6.54 Å². The fraction of sp³-hybridized carbons (Fsp3) is 0.290. The molecule has 3 aromatic carbocycles. The molecule has 0 unspecified atom stereocenters. The first-order valence-electron chi connectivity index (χ1n) is 13.2. The van der Waals surface area contributed by atoms with Crippen LogP contribution in [0.15, 0.2) is 78.2 Å². The first kappa shape index (κ1) is 26.7. The monoisotopic (exact) mass is 543 g/mol. The number of amides is 1. The van der Waals surface area contributed by atoms with Gasteiger partial charge in [-0.15, -0.1) is 11.3 Å². The molecule has 0 bridgehead atoms. The van der Waals surface area contributed by atoms with Crippen molar-refractivity contribution in [3.05, 3.63) is 106 Å². The van der Waals surface area contributed by atoms with Crippen LogP contribution in [0.1, 0.15) is 46.0 Å². The molecule has 7 nitrogen and oxygen atoms in total. The third-order valence-corrected chi connectivity index (χ3v) is 7.43. The van der Waals surface area contributed by atoms with Gasteiger partial charge >= 0.3 is 0 Å². The molecular formula is C31H33N3O4S. The quantitative estimate of drug-likeness (QED) is 0.214. The number of aromatic nitrogens is 1. The Hall–Kier alpha value is -3.88. The Bertz CT molecular complexity index is 1370. The number of carbonyl (C=O) groups is 1. The second kappa shape index (κ2) is 12.8. The molecule has 39 heavy (non-hydrogen) atoms. The summed E-state index contributed by atoms with van der Waals surface area (Å²) in [6.45, 7) is 8.14. The molecule has 0 saturated carbocycles. The first-order valence-corrected chi connectivity index (χ1v) is 14.1. The lowest BCUT2D eigenvalue weighted by Gasteiger charge is -2.22. The predicted molar refractivity (Wildman–Crippen MR) is 152 cm³/mol. The number of hydrogen-bond acceptors (Lipinski definition) is 7. The van der Waals surface area contributed by atoms with Crippen LogP contribution in [0, 0.1) is 0 Å². The van der Waals surface area contributed by atoms with Crippen molar-refractivity contribution in [1.29, 1.82) is 0 Å². The molecule has 1 aliphatic heterocycles. The summed E-state index contributed by atoms with van der Waals surface area (Å²) in [5, 5.41) is 2.78. The minimum Gasteiger partial charge on any atom is -0.489 e. The Morgan fingerprint density at radius 3 is 2.36 bits per heavy atom. The van der Waals surface area contributed by atoms with Crippen molar-refractivity contribution in [3.8, 4) is 17.2 Å². The minimum absolute atomic E-state index is 0.0177. The molecule has 2 heterocycles. The van der Waals surface area contributed by atoms with Crippen LogP contribution in [0.5, 0.6) is 17.2 Å². The van der Waals surface area contributed by atoms with E-state index in [4.69, 9.17) is 19.2 Å². The van der Waals surface area contributed by atoms with E-state index in [1.54, 1.807) is 4.90 Å². The second-order valence-electron chi connectivity index (χ2n) is 9.35. The second-order valence-corrected chi connectivity index (χ2v) is 10.3. The van der Waals surface area contributed by atoms with E-state index in [1.807, 2.05) is 61.7 Å². The molecule has 5 rings (SSSR count). The molecule has 202 valence electrons. The van der Waals surface area contributed by atoms with Gasteiger partial charge in [0.25, 0.3) is 5.91 Å². The summed E-state index contributed by atoms with van der Waals surface area (Å²) < 4.78 is 17.0. The molecular weight excluding hydrogens is 510 g/mol. The number of rotatable bonds is 12. The van der Waals surface area contributed by atoms with Crippen LogP contribution in [0.3, 0.4) is 0 Å². The summed E-state index contributed by atoms with van der Waals surface area (Å²) in [6, 6.07) is 24.4. The van der Waals surface area contributed by atoms with E-state index in [2.05, 4.69) is 35.2 Å². The Kier molecular flexibility index (Phi) is 8.75. The van der Waals surface area contributed by atoms with E-state index >= 15 is 0 Å². The van der Waals surface area contributed by atoms with Gasteiger partial charge in [0, 0.05) is 31.6 Å². The molecule has 1 aliphatic rings. The van der Waals surface area contributed by atoms with Gasteiger partial charge in [-0.1, -0.05) is 48.5 Å². The maximum absolute atomic E-state index is 12.8. The third kappa shape index (κ3) is 6.96. The summed E-state index contributed by atoms with van der Waals surface area (Å²) in [7, 11) is 0. The summed E-state index contributed by atoms with van der Waals surface area (Å²) in [4.78, 5) is 21.6. The van der Waals surface area contributed by atoms with Crippen LogP contribution in [-0.2, 0) is 26.2 Å². The summed E-state index contributed by atoms with van der Waals surface area (Å²) in [6.07, 6.45) is 0. The zero-order valence-electron chi connectivity index (χ0n) is 22.3. The van der Waals surface area contributed by atoms with Gasteiger partial charge in [0.15, 0.2) is 11.5 Å². The van der Waals surface area contributed by atoms with Crippen molar-refractivity contribution in [1.82, 2.24) is 14.8 Å². The molecule has 8 heteroatoms. The number of nitrogens with zero attached hydrogens (tertiary/aromatic N) is 3. The zero-order chi connectivity index (χ0) is 27.0. The van der Waals surface area contributed by atoms with E-state index < -0.39 is 0 Å². The maximum Gasteiger partial charge on any atom is 0.273 e. The zero-order valence-corrected chi connectivity index (χ0v) is 23.2. The van der Waals surface area contributed by atoms with E-state index in [0.29, 0.717) is 45.0 Å². The smallest absolute Gasteiger partial charge is 0.273 e. The van der Waals surface area contributed by atoms with Crippen molar-refractivity contribution < 1.29 is 19.0 Å². The average Bonchev–Trinajstić information content (AvgIpc) is 3.63. The normalized spacial score (nSPS) is 12.1. The summed E-state index contributed by atoms with van der Waals surface area (Å²) in [5.41, 5.74) is 3.94. The van der Waals surface area contributed by atoms with Crippen molar-refractivity contribution in [3.63, 3.8) is 0 Å². The van der Waals surface area contributed by atoms with Crippen molar-refractivity contribution >= 4 is 17.2 Å². The van der Waals surface area contributed by atoms with Gasteiger partial charge in [-0.05, 0) is 54.8 Å². The predicted octanol–water partition coefficient (Wildman–Crippen LogP) is 6.14. The lowest BCUT2D eigenvalue weighted by Crippen LogP contribution is -2.30. The number of thiazole rings is 1. The Labute approximate surface area is 233 Å². The van der Waals surface area contributed by atoms with Crippen LogP contribution in [0.2, 0.25) is 0 Å². The van der Waals surface area contributed by atoms with Crippen LogP contribution < -0.4 is 14.2 Å². The highest BCUT2D eigenvalue weighted by molar-refractivity contribution is 7.09. The molecule has 0 radical (unpaired) electrons. The average molecular weight is 544 g/mol. The Balaban J connectivity index is 1.29. The maximum atomic E-state index is 12.8. The van der Waals surface area contributed by atoms with Gasteiger partial charge in [-0.2, -0.15) is 0 Å². The van der Waals surface area contributed by atoms with Crippen LogP contribution in [0.4, 0.5) is 0 Å². The molecule has 0 fully saturated rings. The van der Waals surface area contributed by atoms with Gasteiger partial charge in [0.2, 0.25) is 6.79 Å². The summed E-state index contributed by atoms with van der Waals surface area (Å²) in [5.74, 6) is 2.37. The molecule has 0 atom stereocenters. The van der Waals surface area contributed by atoms with Gasteiger partial charge in [-0.25, -0.2) is 4.98 Å². The standard InChI is InChI=1S/C31H33N3O4S/c1-3-34(4-2)31(35)27-21-39-30(32-27)19-33(18-25-12-15-28-29(16-25)38-22-37-28)17-23-10-13-26(14-11-23)36-20-24-8-6-5-7-9-24/h5-16,21H,3-4,17-20,22H2,1-2H3. The molecule has 0 spiro atoms. The molecule has 0 aliphatic carbocycles. The van der Waals surface area contributed by atoms with Crippen LogP contribution >= 0.6 is 11.3 Å². The molecule has 0 N–H and O–H groups in total. The molecule has 1 amide bonds. The third-order valence-electron chi connectivity index (χ3n) is 6.60.